The number of allylic oxidation sites excluding steroid dienone is 1. The van der Waals surface area contributed by atoms with Crippen LogP contribution in [0.5, 0.6) is 0 Å². The minimum absolute atomic E-state index is 0.0650. The molecule has 0 radical (unpaired) electrons. The molecule has 0 spiro atoms. The molecule has 0 saturated carbocycles. The molecule has 0 aliphatic rings. The van der Waals surface area contributed by atoms with Gasteiger partial charge >= 0.3 is 17.9 Å². The van der Waals surface area contributed by atoms with Crippen molar-refractivity contribution in [3.63, 3.8) is 0 Å². The molecule has 0 aliphatic heterocycles. The molecule has 0 aromatic carbocycles. The number of carboxylic acid groups (broad SMARTS) is 1. The topological polar surface area (TPSA) is 89.9 Å². The second kappa shape index (κ2) is 12.7. The molecule has 0 heterocycles. The molecule has 0 aromatic heterocycles. The van der Waals surface area contributed by atoms with Crippen molar-refractivity contribution < 1.29 is 29.0 Å². The second-order valence-electron chi connectivity index (χ2n) is 5.47. The predicted octanol–water partition coefficient (Wildman–Crippen LogP) is 3.45. The van der Waals surface area contributed by atoms with E-state index in [-0.39, 0.29) is 36.8 Å². The maximum absolute atomic E-state index is 11.4. The second-order valence-corrected chi connectivity index (χ2v) is 5.47. The Balaban J connectivity index is 3.95. The first-order valence-corrected chi connectivity index (χ1v) is 8.16. The fraction of sp³-hybridized carbons (Fsp3) is 0.706. The van der Waals surface area contributed by atoms with Crippen molar-refractivity contribution in [2.45, 2.75) is 71.8 Å². The van der Waals surface area contributed by atoms with Gasteiger partial charge in [-0.25, -0.2) is 0 Å². The van der Waals surface area contributed by atoms with Crippen molar-refractivity contribution >= 4 is 17.9 Å². The highest BCUT2D eigenvalue weighted by atomic mass is 16.5. The molecular weight excluding hydrogens is 300 g/mol. The smallest absolute Gasteiger partial charge is 0.310 e. The van der Waals surface area contributed by atoms with Crippen LogP contribution in [0.1, 0.15) is 65.7 Å². The Labute approximate surface area is 137 Å². The van der Waals surface area contributed by atoms with Crippen LogP contribution in [0, 0.1) is 5.92 Å². The van der Waals surface area contributed by atoms with Gasteiger partial charge < -0.3 is 14.6 Å². The first kappa shape index (κ1) is 21.1. The summed E-state index contributed by atoms with van der Waals surface area (Å²) in [5, 5.41) is 8.48. The number of hydrogen-bond donors (Lipinski definition) is 1. The number of unbranched alkanes of at least 4 members (excludes halogenated alkanes) is 1. The number of carbonyl (C=O) groups is 3. The van der Waals surface area contributed by atoms with Gasteiger partial charge in [0.05, 0.1) is 6.26 Å². The van der Waals surface area contributed by atoms with Gasteiger partial charge in [-0.05, 0) is 37.7 Å². The summed E-state index contributed by atoms with van der Waals surface area (Å²) < 4.78 is 10.3. The van der Waals surface area contributed by atoms with Gasteiger partial charge in [-0.2, -0.15) is 0 Å². The first-order valence-electron chi connectivity index (χ1n) is 8.16. The van der Waals surface area contributed by atoms with E-state index in [1.165, 1.54) is 6.26 Å². The molecule has 0 aromatic rings. The Morgan fingerprint density at radius 1 is 1.09 bits per heavy atom. The number of carboxylic acids is 1. The number of aliphatic carboxylic acids is 1. The van der Waals surface area contributed by atoms with Gasteiger partial charge in [0.1, 0.15) is 6.10 Å². The standard InChI is InChI=1S/C17H28O6/c1-4-14(23-16(20)5-2)13(3)9-8-12-22-17(21)11-7-6-10-15(18)19/h8,12-14H,4-7,9-11H2,1-3H3,(H,18,19). The summed E-state index contributed by atoms with van der Waals surface area (Å²) >= 11 is 0. The fourth-order valence-corrected chi connectivity index (χ4v) is 2.00. The molecule has 1 N–H and O–H groups in total. The molecule has 6 nitrogen and oxygen atoms in total. The molecule has 0 amide bonds. The van der Waals surface area contributed by atoms with Gasteiger partial charge in [0.15, 0.2) is 0 Å². The lowest BCUT2D eigenvalue weighted by molar-refractivity contribution is -0.151. The maximum Gasteiger partial charge on any atom is 0.310 e. The van der Waals surface area contributed by atoms with Crippen LogP contribution in [0.4, 0.5) is 0 Å². The van der Waals surface area contributed by atoms with Gasteiger partial charge in [-0.15, -0.1) is 0 Å². The zero-order valence-electron chi connectivity index (χ0n) is 14.2. The van der Waals surface area contributed by atoms with Crippen LogP contribution in [-0.2, 0) is 23.9 Å². The molecule has 2 atom stereocenters. The van der Waals surface area contributed by atoms with Gasteiger partial charge in [-0.3, -0.25) is 14.4 Å². The quantitative estimate of drug-likeness (QED) is 0.335. The van der Waals surface area contributed by atoms with Crippen LogP contribution in [0.15, 0.2) is 12.3 Å². The Morgan fingerprint density at radius 2 is 1.74 bits per heavy atom. The third-order valence-corrected chi connectivity index (χ3v) is 3.43. The molecular formula is C17H28O6. The summed E-state index contributed by atoms with van der Waals surface area (Å²) in [5.74, 6) is -1.30. The summed E-state index contributed by atoms with van der Waals surface area (Å²) in [7, 11) is 0. The van der Waals surface area contributed by atoms with Gasteiger partial charge in [0.25, 0.3) is 0 Å². The predicted molar refractivity (Wildman–Crippen MR) is 85.6 cm³/mol. The Kier molecular flexibility index (Phi) is 11.7. The number of ether oxygens (including phenoxy) is 2. The third kappa shape index (κ3) is 11.4. The van der Waals surface area contributed by atoms with Crippen molar-refractivity contribution in [3.8, 4) is 0 Å². The molecule has 0 saturated heterocycles. The lowest BCUT2D eigenvalue weighted by Crippen LogP contribution is -2.24. The molecule has 0 bridgehead atoms. The Morgan fingerprint density at radius 3 is 2.30 bits per heavy atom. The summed E-state index contributed by atoms with van der Waals surface area (Å²) in [6.07, 6.45) is 5.93. The zero-order chi connectivity index (χ0) is 17.7. The van der Waals surface area contributed by atoms with Crippen molar-refractivity contribution in [2.24, 2.45) is 5.92 Å². The molecule has 132 valence electrons. The van der Waals surface area contributed by atoms with E-state index in [4.69, 9.17) is 14.6 Å². The number of carbonyl (C=O) groups excluding carboxylic acids is 2. The SMILES string of the molecule is CCC(=O)OC(CC)C(C)CC=COC(=O)CCCCC(=O)O. The maximum atomic E-state index is 11.4. The Hall–Kier alpha value is -1.85. The van der Waals surface area contributed by atoms with Crippen molar-refractivity contribution in [2.75, 3.05) is 0 Å². The highest BCUT2D eigenvalue weighted by molar-refractivity contribution is 5.70. The largest absolute Gasteiger partial charge is 0.481 e. The average Bonchev–Trinajstić information content (AvgIpc) is 2.52. The van der Waals surface area contributed by atoms with Crippen molar-refractivity contribution in [1.29, 1.82) is 0 Å². The molecule has 0 aliphatic carbocycles. The average molecular weight is 328 g/mol. The van der Waals surface area contributed by atoms with E-state index >= 15 is 0 Å². The highest BCUT2D eigenvalue weighted by Gasteiger charge is 2.18. The van der Waals surface area contributed by atoms with E-state index in [2.05, 4.69) is 0 Å². The molecule has 2 unspecified atom stereocenters. The first-order chi connectivity index (χ1) is 10.9. The van der Waals surface area contributed by atoms with Crippen LogP contribution >= 0.6 is 0 Å². The normalized spacial score (nSPS) is 13.5. The van der Waals surface area contributed by atoms with E-state index in [0.717, 1.165) is 6.42 Å². The molecule has 6 heteroatoms. The number of rotatable bonds is 12. The number of hydrogen-bond acceptors (Lipinski definition) is 5. The van der Waals surface area contributed by atoms with E-state index in [1.807, 2.05) is 13.8 Å². The monoisotopic (exact) mass is 328 g/mol. The minimum atomic E-state index is -0.860. The fourth-order valence-electron chi connectivity index (χ4n) is 2.00. The van der Waals surface area contributed by atoms with E-state index in [1.54, 1.807) is 13.0 Å². The van der Waals surface area contributed by atoms with Crippen molar-refractivity contribution in [3.05, 3.63) is 12.3 Å². The van der Waals surface area contributed by atoms with Crippen LogP contribution < -0.4 is 0 Å². The molecule has 23 heavy (non-hydrogen) atoms. The summed E-state index contributed by atoms with van der Waals surface area (Å²) in [6.45, 7) is 5.70. The van der Waals surface area contributed by atoms with Crippen LogP contribution in [0.25, 0.3) is 0 Å². The Bertz CT molecular complexity index is 402. The van der Waals surface area contributed by atoms with Gasteiger partial charge in [0.2, 0.25) is 0 Å². The van der Waals surface area contributed by atoms with E-state index in [0.29, 0.717) is 25.7 Å². The van der Waals surface area contributed by atoms with Gasteiger partial charge in [0, 0.05) is 19.3 Å². The van der Waals surface area contributed by atoms with Crippen LogP contribution in [0.3, 0.4) is 0 Å². The highest BCUT2D eigenvalue weighted by Crippen LogP contribution is 2.16. The summed E-state index contributed by atoms with van der Waals surface area (Å²) in [6, 6.07) is 0. The van der Waals surface area contributed by atoms with Crippen LogP contribution in [0.2, 0.25) is 0 Å². The molecule has 0 fully saturated rings. The van der Waals surface area contributed by atoms with Gasteiger partial charge in [-0.1, -0.05) is 20.8 Å². The van der Waals surface area contributed by atoms with E-state index in [9.17, 15) is 14.4 Å². The lowest BCUT2D eigenvalue weighted by atomic mass is 9.99. The number of esters is 2. The lowest BCUT2D eigenvalue weighted by Gasteiger charge is -2.21. The van der Waals surface area contributed by atoms with E-state index < -0.39 is 5.97 Å². The summed E-state index contributed by atoms with van der Waals surface area (Å²) in [4.78, 5) is 33.1. The summed E-state index contributed by atoms with van der Waals surface area (Å²) in [5.41, 5.74) is 0. The molecule has 0 rings (SSSR count). The third-order valence-electron chi connectivity index (χ3n) is 3.43. The minimum Gasteiger partial charge on any atom is -0.481 e. The van der Waals surface area contributed by atoms with Crippen LogP contribution in [-0.4, -0.2) is 29.1 Å². The zero-order valence-corrected chi connectivity index (χ0v) is 14.2. The van der Waals surface area contributed by atoms with Crippen molar-refractivity contribution in [1.82, 2.24) is 0 Å².